The van der Waals surface area contributed by atoms with Gasteiger partial charge in [0.05, 0.1) is 23.4 Å². The number of amides is 1. The molecule has 4 aromatic rings. The third kappa shape index (κ3) is 5.52. The van der Waals surface area contributed by atoms with Crippen molar-refractivity contribution in [1.29, 1.82) is 0 Å². The number of halogens is 1. The van der Waals surface area contributed by atoms with Crippen molar-refractivity contribution < 1.29 is 9.53 Å². The highest BCUT2D eigenvalue weighted by Gasteiger charge is 2.23. The number of nitrogens with one attached hydrogen (secondary N) is 1. The molecule has 2 heterocycles. The van der Waals surface area contributed by atoms with Crippen LogP contribution in [-0.2, 0) is 11.3 Å². The smallest absolute Gasteiger partial charge is 0.414 e. The lowest BCUT2D eigenvalue weighted by molar-refractivity contribution is 0.155. The lowest BCUT2D eigenvalue weighted by atomic mass is 9.95. The van der Waals surface area contributed by atoms with E-state index in [-0.39, 0.29) is 12.6 Å². The number of hydrogen-bond acceptors (Lipinski definition) is 5. The van der Waals surface area contributed by atoms with Crippen LogP contribution < -0.4 is 5.32 Å². The van der Waals surface area contributed by atoms with E-state index in [1.54, 1.807) is 6.20 Å². The second kappa shape index (κ2) is 10.7. The van der Waals surface area contributed by atoms with Gasteiger partial charge in [-0.3, -0.25) is 5.32 Å². The number of carbonyl (C=O) groups excluding carboxylic acids is 1. The summed E-state index contributed by atoms with van der Waals surface area (Å²) in [6, 6.07) is 19.3. The van der Waals surface area contributed by atoms with Gasteiger partial charge in [0.2, 0.25) is 5.95 Å². The Hall–Kier alpha value is -3.71. The zero-order chi connectivity index (χ0) is 24.0. The molecule has 2 aromatic carbocycles. The summed E-state index contributed by atoms with van der Waals surface area (Å²) in [6.45, 7) is 0.168. The second-order valence-electron chi connectivity index (χ2n) is 8.60. The SMILES string of the molecule is O=C(Nc1nccc(-c2c(-c3ccc(Cl)cc3)ncn2C2CCCCC2)n1)OCc1ccccc1. The average molecular weight is 488 g/mol. The van der Waals surface area contributed by atoms with Crippen LogP contribution in [0, 0.1) is 0 Å². The highest BCUT2D eigenvalue weighted by atomic mass is 35.5. The standard InChI is InChI=1S/C27H26ClN5O2/c28-21-13-11-20(12-14-21)24-25(33(18-30-24)22-9-5-2-6-10-22)23-15-16-29-26(31-23)32-27(34)35-17-19-7-3-1-4-8-19/h1,3-4,7-8,11-16,18,22H,2,5-6,9-10,17H2,(H,29,31,32,34). The predicted octanol–water partition coefficient (Wildman–Crippen LogP) is 6.91. The molecule has 1 fully saturated rings. The van der Waals surface area contributed by atoms with E-state index in [0.29, 0.717) is 16.8 Å². The van der Waals surface area contributed by atoms with Crippen LogP contribution in [0.25, 0.3) is 22.6 Å². The Morgan fingerprint density at radius 3 is 2.54 bits per heavy atom. The van der Waals surface area contributed by atoms with Crippen molar-refractivity contribution >= 4 is 23.6 Å². The van der Waals surface area contributed by atoms with Crippen LogP contribution in [0.3, 0.4) is 0 Å². The Labute approximate surface area is 209 Å². The van der Waals surface area contributed by atoms with Crippen molar-refractivity contribution in [3.8, 4) is 22.6 Å². The number of ether oxygens (including phenoxy) is 1. The summed E-state index contributed by atoms with van der Waals surface area (Å²) >= 11 is 6.12. The van der Waals surface area contributed by atoms with E-state index >= 15 is 0 Å². The number of imidazole rings is 1. The number of anilines is 1. The zero-order valence-electron chi connectivity index (χ0n) is 19.2. The first-order valence-corrected chi connectivity index (χ1v) is 12.2. The van der Waals surface area contributed by atoms with Crippen LogP contribution >= 0.6 is 11.6 Å². The molecule has 0 aliphatic heterocycles. The van der Waals surface area contributed by atoms with Crippen molar-refractivity contribution in [2.75, 3.05) is 5.32 Å². The molecule has 178 valence electrons. The highest BCUT2D eigenvalue weighted by molar-refractivity contribution is 6.30. The van der Waals surface area contributed by atoms with E-state index in [1.165, 1.54) is 19.3 Å². The van der Waals surface area contributed by atoms with Crippen molar-refractivity contribution in [3.05, 3.63) is 83.8 Å². The van der Waals surface area contributed by atoms with Gasteiger partial charge in [-0.2, -0.15) is 0 Å². The predicted molar refractivity (Wildman–Crippen MR) is 136 cm³/mol. The van der Waals surface area contributed by atoms with Crippen LogP contribution in [0.5, 0.6) is 0 Å². The molecule has 0 spiro atoms. The Morgan fingerprint density at radius 2 is 1.77 bits per heavy atom. The van der Waals surface area contributed by atoms with E-state index in [4.69, 9.17) is 21.3 Å². The molecule has 0 radical (unpaired) electrons. The van der Waals surface area contributed by atoms with Crippen molar-refractivity contribution in [2.24, 2.45) is 0 Å². The molecular weight excluding hydrogens is 462 g/mol. The third-order valence-electron chi connectivity index (χ3n) is 6.20. The monoisotopic (exact) mass is 487 g/mol. The van der Waals surface area contributed by atoms with Gasteiger partial charge in [0.25, 0.3) is 0 Å². The first-order valence-electron chi connectivity index (χ1n) is 11.8. The largest absolute Gasteiger partial charge is 0.444 e. The molecular formula is C27H26ClN5O2. The highest BCUT2D eigenvalue weighted by Crippen LogP contribution is 2.37. The van der Waals surface area contributed by atoms with Gasteiger partial charge in [-0.05, 0) is 36.6 Å². The van der Waals surface area contributed by atoms with Crippen LogP contribution in [0.4, 0.5) is 10.7 Å². The van der Waals surface area contributed by atoms with Crippen LogP contribution in [0.2, 0.25) is 5.02 Å². The topological polar surface area (TPSA) is 81.9 Å². The van der Waals surface area contributed by atoms with Crippen molar-refractivity contribution in [1.82, 2.24) is 19.5 Å². The summed E-state index contributed by atoms with van der Waals surface area (Å²) in [6.07, 6.45) is 8.79. The average Bonchev–Trinajstić information content (AvgIpc) is 3.34. The second-order valence-corrected chi connectivity index (χ2v) is 9.04. The first-order chi connectivity index (χ1) is 17.2. The van der Waals surface area contributed by atoms with Gasteiger partial charge < -0.3 is 9.30 Å². The molecule has 1 amide bonds. The van der Waals surface area contributed by atoms with Gasteiger partial charge in [0.1, 0.15) is 6.61 Å². The minimum absolute atomic E-state index is 0.168. The number of carbonyl (C=O) groups is 1. The molecule has 1 saturated carbocycles. The lowest BCUT2D eigenvalue weighted by Gasteiger charge is -2.25. The molecule has 1 aliphatic rings. The third-order valence-corrected chi connectivity index (χ3v) is 6.46. The fourth-order valence-corrected chi connectivity index (χ4v) is 4.60. The molecule has 8 heteroatoms. The molecule has 0 saturated heterocycles. The van der Waals surface area contributed by atoms with E-state index in [1.807, 2.05) is 67.0 Å². The Morgan fingerprint density at radius 1 is 1.00 bits per heavy atom. The Kier molecular flexibility index (Phi) is 7.04. The fourth-order valence-electron chi connectivity index (χ4n) is 4.47. The number of hydrogen-bond donors (Lipinski definition) is 1. The number of benzene rings is 2. The lowest BCUT2D eigenvalue weighted by Crippen LogP contribution is -2.16. The summed E-state index contributed by atoms with van der Waals surface area (Å²) in [4.78, 5) is 26.0. The van der Waals surface area contributed by atoms with Crippen LogP contribution in [-0.4, -0.2) is 25.6 Å². The molecule has 0 bridgehead atoms. The molecule has 0 unspecified atom stereocenters. The zero-order valence-corrected chi connectivity index (χ0v) is 20.0. The van der Waals surface area contributed by atoms with Gasteiger partial charge in [0, 0.05) is 22.8 Å². The van der Waals surface area contributed by atoms with E-state index in [9.17, 15) is 4.79 Å². The first kappa shape index (κ1) is 23.1. The van der Waals surface area contributed by atoms with Gasteiger partial charge in [-0.25, -0.2) is 19.7 Å². The molecule has 1 aliphatic carbocycles. The molecule has 0 atom stereocenters. The van der Waals surface area contributed by atoms with Crippen LogP contribution in [0.1, 0.15) is 43.7 Å². The minimum Gasteiger partial charge on any atom is -0.444 e. The minimum atomic E-state index is -0.607. The maximum Gasteiger partial charge on any atom is 0.414 e. The fraction of sp³-hybridized carbons (Fsp3) is 0.259. The maximum atomic E-state index is 12.4. The summed E-state index contributed by atoms with van der Waals surface area (Å²) in [5.74, 6) is 0.180. The normalized spacial score (nSPS) is 14.0. The van der Waals surface area contributed by atoms with Gasteiger partial charge in [0.15, 0.2) is 0 Å². The number of nitrogens with zero attached hydrogens (tertiary/aromatic N) is 4. The van der Waals surface area contributed by atoms with Gasteiger partial charge in [-0.15, -0.1) is 0 Å². The van der Waals surface area contributed by atoms with E-state index in [2.05, 4.69) is 19.9 Å². The van der Waals surface area contributed by atoms with E-state index < -0.39 is 6.09 Å². The number of rotatable bonds is 6. The summed E-state index contributed by atoms with van der Waals surface area (Å²) in [7, 11) is 0. The molecule has 7 nitrogen and oxygen atoms in total. The molecule has 2 aromatic heterocycles. The summed E-state index contributed by atoms with van der Waals surface area (Å²) in [5, 5.41) is 3.32. The van der Waals surface area contributed by atoms with Gasteiger partial charge in [-0.1, -0.05) is 73.3 Å². The number of aromatic nitrogens is 4. The Balaban J connectivity index is 1.43. The van der Waals surface area contributed by atoms with Crippen molar-refractivity contribution in [3.63, 3.8) is 0 Å². The maximum absolute atomic E-state index is 12.4. The molecule has 5 rings (SSSR count). The van der Waals surface area contributed by atoms with Gasteiger partial charge >= 0.3 is 6.09 Å². The van der Waals surface area contributed by atoms with Crippen LogP contribution in [0.15, 0.2) is 73.2 Å². The summed E-state index contributed by atoms with van der Waals surface area (Å²) < 4.78 is 7.55. The Bertz CT molecular complexity index is 1280. The molecule has 1 N–H and O–H groups in total. The van der Waals surface area contributed by atoms with E-state index in [0.717, 1.165) is 35.4 Å². The van der Waals surface area contributed by atoms with Crippen molar-refractivity contribution in [2.45, 2.75) is 44.8 Å². The molecule has 35 heavy (non-hydrogen) atoms. The quantitative estimate of drug-likeness (QED) is 0.319. The summed E-state index contributed by atoms with van der Waals surface area (Å²) in [5.41, 5.74) is 4.27.